The zero-order valence-corrected chi connectivity index (χ0v) is 14.2. The first-order chi connectivity index (χ1) is 12.1. The Kier molecular flexibility index (Phi) is 5.28. The molecule has 1 aromatic heterocycles. The Bertz CT molecular complexity index is 736. The van der Waals surface area contributed by atoms with Crippen molar-refractivity contribution in [3.8, 4) is 5.75 Å². The second-order valence-electron chi connectivity index (χ2n) is 6.02. The van der Waals surface area contributed by atoms with Crippen LogP contribution in [0.25, 0.3) is 0 Å². The van der Waals surface area contributed by atoms with Gasteiger partial charge in [0.15, 0.2) is 12.4 Å². The van der Waals surface area contributed by atoms with Crippen LogP contribution in [0.1, 0.15) is 30.1 Å². The Hall–Kier alpha value is -2.89. The summed E-state index contributed by atoms with van der Waals surface area (Å²) in [4.78, 5) is 29.8. The first-order valence-corrected chi connectivity index (χ1v) is 8.36. The van der Waals surface area contributed by atoms with Crippen LogP contribution < -0.4 is 15.0 Å². The van der Waals surface area contributed by atoms with Gasteiger partial charge >= 0.3 is 0 Å². The van der Waals surface area contributed by atoms with Crippen LogP contribution >= 0.6 is 0 Å². The average Bonchev–Trinajstić information content (AvgIpc) is 3.15. The van der Waals surface area contributed by atoms with Crippen molar-refractivity contribution in [2.45, 2.75) is 19.8 Å². The summed E-state index contributed by atoms with van der Waals surface area (Å²) in [5, 5.41) is 2.76. The highest BCUT2D eigenvalue weighted by Gasteiger charge is 2.13. The predicted molar refractivity (Wildman–Crippen MR) is 96.3 cm³/mol. The fraction of sp³-hybridized carbons (Fsp3) is 0.316. The van der Waals surface area contributed by atoms with Crippen LogP contribution in [0.4, 0.5) is 11.5 Å². The smallest absolute Gasteiger partial charge is 0.262 e. The van der Waals surface area contributed by atoms with Crippen LogP contribution in [0.3, 0.4) is 0 Å². The summed E-state index contributed by atoms with van der Waals surface area (Å²) in [6.07, 6.45) is 4.06. The number of anilines is 2. The van der Waals surface area contributed by atoms with E-state index >= 15 is 0 Å². The molecule has 1 aromatic carbocycles. The fourth-order valence-corrected chi connectivity index (χ4v) is 2.73. The number of nitrogens with one attached hydrogen (secondary N) is 1. The molecule has 0 unspecified atom stereocenters. The van der Waals surface area contributed by atoms with Crippen LogP contribution in [-0.4, -0.2) is 36.4 Å². The number of carbonyl (C=O) groups is 2. The molecule has 0 atom stereocenters. The highest BCUT2D eigenvalue weighted by Crippen LogP contribution is 2.19. The van der Waals surface area contributed by atoms with Crippen LogP contribution in [-0.2, 0) is 4.79 Å². The number of ether oxygens (including phenoxy) is 1. The van der Waals surface area contributed by atoms with Crippen molar-refractivity contribution in [3.63, 3.8) is 0 Å². The third kappa shape index (κ3) is 4.56. The van der Waals surface area contributed by atoms with Crippen molar-refractivity contribution in [2.75, 3.05) is 29.9 Å². The number of rotatable bonds is 6. The minimum atomic E-state index is -0.258. The maximum Gasteiger partial charge on any atom is 0.262 e. The molecule has 0 aliphatic carbocycles. The van der Waals surface area contributed by atoms with Gasteiger partial charge in [-0.3, -0.25) is 9.59 Å². The van der Waals surface area contributed by atoms with E-state index in [0.717, 1.165) is 18.9 Å². The lowest BCUT2D eigenvalue weighted by Crippen LogP contribution is -2.21. The van der Waals surface area contributed by atoms with Gasteiger partial charge in [-0.25, -0.2) is 4.98 Å². The standard InChI is InChI=1S/C19H21N3O3/c1-14(23)15-4-7-17(8-5-15)25-13-19(24)21-16-6-9-18(20-12-16)22-10-2-3-11-22/h4-9,12H,2-3,10-11,13H2,1H3,(H,21,24). The molecule has 1 saturated heterocycles. The van der Waals surface area contributed by atoms with Gasteiger partial charge in [0.05, 0.1) is 11.9 Å². The van der Waals surface area contributed by atoms with E-state index in [2.05, 4.69) is 15.2 Å². The Morgan fingerprint density at radius 2 is 1.84 bits per heavy atom. The minimum absolute atomic E-state index is 0.00540. The second-order valence-corrected chi connectivity index (χ2v) is 6.02. The van der Waals surface area contributed by atoms with Gasteiger partial charge in [-0.1, -0.05) is 0 Å². The number of hydrogen-bond acceptors (Lipinski definition) is 5. The van der Waals surface area contributed by atoms with E-state index in [1.165, 1.54) is 19.8 Å². The summed E-state index contributed by atoms with van der Waals surface area (Å²) >= 11 is 0. The zero-order valence-electron chi connectivity index (χ0n) is 14.2. The van der Waals surface area contributed by atoms with Gasteiger partial charge in [-0.05, 0) is 56.2 Å². The van der Waals surface area contributed by atoms with Crippen molar-refractivity contribution in [2.24, 2.45) is 0 Å². The first kappa shape index (κ1) is 17.0. The van der Waals surface area contributed by atoms with E-state index in [9.17, 15) is 9.59 Å². The molecule has 1 aliphatic heterocycles. The molecule has 0 saturated carbocycles. The summed E-state index contributed by atoms with van der Waals surface area (Å²) in [7, 11) is 0. The van der Waals surface area contributed by atoms with E-state index < -0.39 is 0 Å². The van der Waals surface area contributed by atoms with Gasteiger partial charge in [0.25, 0.3) is 5.91 Å². The van der Waals surface area contributed by atoms with Gasteiger partial charge in [0.1, 0.15) is 11.6 Å². The topological polar surface area (TPSA) is 71.5 Å². The van der Waals surface area contributed by atoms with Gasteiger partial charge in [-0.15, -0.1) is 0 Å². The molecule has 25 heavy (non-hydrogen) atoms. The molecule has 2 heterocycles. The summed E-state index contributed by atoms with van der Waals surface area (Å²) in [6, 6.07) is 10.5. The highest BCUT2D eigenvalue weighted by molar-refractivity contribution is 5.94. The zero-order chi connectivity index (χ0) is 17.6. The molecular weight excluding hydrogens is 318 g/mol. The minimum Gasteiger partial charge on any atom is -0.484 e. The molecule has 2 aromatic rings. The molecule has 6 heteroatoms. The van der Waals surface area contributed by atoms with Crippen LogP contribution in [0.15, 0.2) is 42.6 Å². The fourth-order valence-electron chi connectivity index (χ4n) is 2.73. The Balaban J connectivity index is 1.49. The van der Waals surface area contributed by atoms with Crippen molar-refractivity contribution in [1.29, 1.82) is 0 Å². The Labute approximate surface area is 146 Å². The molecule has 0 radical (unpaired) electrons. The number of aromatic nitrogens is 1. The number of hydrogen-bond donors (Lipinski definition) is 1. The number of ketones is 1. The SMILES string of the molecule is CC(=O)c1ccc(OCC(=O)Nc2ccc(N3CCCC3)nc2)cc1. The molecule has 3 rings (SSSR count). The van der Waals surface area contributed by atoms with E-state index in [1.807, 2.05) is 12.1 Å². The highest BCUT2D eigenvalue weighted by atomic mass is 16.5. The molecule has 1 N–H and O–H groups in total. The van der Waals surface area contributed by atoms with Crippen LogP contribution in [0, 0.1) is 0 Å². The number of amides is 1. The van der Waals surface area contributed by atoms with Crippen LogP contribution in [0.5, 0.6) is 5.75 Å². The van der Waals surface area contributed by atoms with Gasteiger partial charge in [0.2, 0.25) is 0 Å². The van der Waals surface area contributed by atoms with E-state index in [4.69, 9.17) is 4.74 Å². The van der Waals surface area contributed by atoms with Crippen molar-refractivity contribution < 1.29 is 14.3 Å². The molecular formula is C19H21N3O3. The Morgan fingerprint density at radius 1 is 1.12 bits per heavy atom. The summed E-state index contributed by atoms with van der Waals surface area (Å²) in [5.41, 5.74) is 1.25. The molecule has 0 bridgehead atoms. The summed E-state index contributed by atoms with van der Waals surface area (Å²) in [5.74, 6) is 1.22. The lowest BCUT2D eigenvalue weighted by molar-refractivity contribution is -0.118. The van der Waals surface area contributed by atoms with E-state index in [-0.39, 0.29) is 18.3 Å². The monoisotopic (exact) mass is 339 g/mol. The predicted octanol–water partition coefficient (Wildman–Crippen LogP) is 2.90. The lowest BCUT2D eigenvalue weighted by atomic mass is 10.1. The van der Waals surface area contributed by atoms with Gasteiger partial charge in [-0.2, -0.15) is 0 Å². The number of pyridine rings is 1. The number of Topliss-reactive ketones (excluding diaryl/α,β-unsaturated/α-hetero) is 1. The number of carbonyl (C=O) groups excluding carboxylic acids is 2. The largest absolute Gasteiger partial charge is 0.484 e. The number of nitrogens with zero attached hydrogens (tertiary/aromatic N) is 2. The molecule has 1 fully saturated rings. The Morgan fingerprint density at radius 3 is 2.44 bits per heavy atom. The summed E-state index contributed by atoms with van der Waals surface area (Å²) < 4.78 is 5.43. The van der Waals surface area contributed by atoms with Crippen LogP contribution in [0.2, 0.25) is 0 Å². The van der Waals surface area contributed by atoms with Crippen molar-refractivity contribution >= 4 is 23.2 Å². The molecule has 130 valence electrons. The maximum atomic E-state index is 12.0. The first-order valence-electron chi connectivity index (χ1n) is 8.36. The maximum absolute atomic E-state index is 12.0. The van der Waals surface area contributed by atoms with E-state index in [1.54, 1.807) is 30.5 Å². The van der Waals surface area contributed by atoms with E-state index in [0.29, 0.717) is 17.0 Å². The second kappa shape index (κ2) is 7.79. The molecule has 6 nitrogen and oxygen atoms in total. The average molecular weight is 339 g/mol. The quantitative estimate of drug-likeness (QED) is 0.820. The molecule has 1 amide bonds. The van der Waals surface area contributed by atoms with Gasteiger partial charge in [0, 0.05) is 18.7 Å². The number of benzene rings is 1. The molecule has 0 spiro atoms. The van der Waals surface area contributed by atoms with Crippen molar-refractivity contribution in [1.82, 2.24) is 4.98 Å². The molecule has 1 aliphatic rings. The third-order valence-electron chi connectivity index (χ3n) is 4.09. The normalized spacial score (nSPS) is 13.6. The third-order valence-corrected chi connectivity index (χ3v) is 4.09. The van der Waals surface area contributed by atoms with Gasteiger partial charge < -0.3 is 15.0 Å². The summed E-state index contributed by atoms with van der Waals surface area (Å²) in [6.45, 7) is 3.48. The van der Waals surface area contributed by atoms with Crippen molar-refractivity contribution in [3.05, 3.63) is 48.2 Å². The lowest BCUT2D eigenvalue weighted by Gasteiger charge is -2.16.